The van der Waals surface area contributed by atoms with Gasteiger partial charge >= 0.3 is 0 Å². The van der Waals surface area contributed by atoms with E-state index in [1.165, 1.54) is 5.57 Å². The summed E-state index contributed by atoms with van der Waals surface area (Å²) in [6.45, 7) is 9.31. The van der Waals surface area contributed by atoms with Gasteiger partial charge < -0.3 is 5.32 Å². The molecule has 1 heterocycles. The smallest absolute Gasteiger partial charge is 0.243 e. The van der Waals surface area contributed by atoms with Gasteiger partial charge in [0.2, 0.25) is 11.8 Å². The van der Waals surface area contributed by atoms with Crippen molar-refractivity contribution < 1.29 is 9.59 Å². The Morgan fingerprint density at radius 2 is 2.11 bits per heavy atom. The molecule has 0 saturated carbocycles. The first kappa shape index (κ1) is 14.9. The first-order valence-corrected chi connectivity index (χ1v) is 6.59. The number of allylic oxidation sites excluding steroid dienone is 1. The summed E-state index contributed by atoms with van der Waals surface area (Å²) < 4.78 is 0. The van der Waals surface area contributed by atoms with Crippen LogP contribution in [0.1, 0.15) is 47.0 Å². The van der Waals surface area contributed by atoms with E-state index in [9.17, 15) is 9.59 Å². The van der Waals surface area contributed by atoms with Crippen molar-refractivity contribution in [1.82, 2.24) is 10.6 Å². The molecule has 1 aliphatic heterocycles. The lowest BCUT2D eigenvalue weighted by Gasteiger charge is -2.23. The van der Waals surface area contributed by atoms with Crippen LogP contribution >= 0.6 is 0 Å². The lowest BCUT2D eigenvalue weighted by atomic mass is 9.92. The molecular weight excluding hydrogens is 228 g/mol. The summed E-state index contributed by atoms with van der Waals surface area (Å²) >= 11 is 0. The van der Waals surface area contributed by atoms with Crippen molar-refractivity contribution in [3.63, 3.8) is 0 Å². The topological polar surface area (TPSA) is 58.2 Å². The monoisotopic (exact) mass is 252 g/mol. The van der Waals surface area contributed by atoms with E-state index in [0.29, 0.717) is 19.4 Å². The van der Waals surface area contributed by atoms with Crippen LogP contribution in [-0.4, -0.2) is 24.4 Å². The van der Waals surface area contributed by atoms with Crippen LogP contribution in [0.4, 0.5) is 0 Å². The molecule has 0 spiro atoms. The standard InChI is InChI=1S/C14H24N2O2/c1-5-10(8-14(2,3)4)9-15-11-6-7-12(17)16-13(11)18/h8,11,15H,5-7,9H2,1-4H3,(H,16,17,18)/b10-8+. The predicted molar refractivity (Wildman–Crippen MR) is 72.0 cm³/mol. The fraction of sp³-hybridized carbons (Fsp3) is 0.714. The molecule has 0 aromatic rings. The molecule has 0 aromatic carbocycles. The molecule has 4 nitrogen and oxygen atoms in total. The Hall–Kier alpha value is -1.16. The summed E-state index contributed by atoms with van der Waals surface area (Å²) in [5.74, 6) is -0.364. The van der Waals surface area contributed by atoms with E-state index < -0.39 is 0 Å². The maximum Gasteiger partial charge on any atom is 0.243 e. The van der Waals surface area contributed by atoms with Gasteiger partial charge in [-0.3, -0.25) is 14.9 Å². The highest BCUT2D eigenvalue weighted by Gasteiger charge is 2.25. The third-order valence-electron chi connectivity index (χ3n) is 2.91. The molecule has 4 heteroatoms. The Balaban J connectivity index is 2.51. The van der Waals surface area contributed by atoms with Gasteiger partial charge in [0.1, 0.15) is 0 Å². The molecule has 0 bridgehead atoms. The molecule has 1 aliphatic rings. The number of amides is 2. The van der Waals surface area contributed by atoms with Gasteiger partial charge in [-0.25, -0.2) is 0 Å². The highest BCUT2D eigenvalue weighted by Crippen LogP contribution is 2.19. The lowest BCUT2D eigenvalue weighted by Crippen LogP contribution is -2.51. The van der Waals surface area contributed by atoms with Crippen LogP contribution in [0.3, 0.4) is 0 Å². The SMILES string of the molecule is CC/C(=C\C(C)(C)C)CNC1CCC(=O)NC1=O. The van der Waals surface area contributed by atoms with Crippen molar-refractivity contribution in [3.05, 3.63) is 11.6 Å². The highest BCUT2D eigenvalue weighted by atomic mass is 16.2. The summed E-state index contributed by atoms with van der Waals surface area (Å²) in [7, 11) is 0. The minimum atomic E-state index is -0.238. The van der Waals surface area contributed by atoms with Crippen molar-refractivity contribution in [2.75, 3.05) is 6.54 Å². The van der Waals surface area contributed by atoms with Gasteiger partial charge in [0, 0.05) is 13.0 Å². The van der Waals surface area contributed by atoms with Gasteiger partial charge in [0.15, 0.2) is 0 Å². The quantitative estimate of drug-likeness (QED) is 0.592. The van der Waals surface area contributed by atoms with E-state index in [0.717, 1.165) is 6.42 Å². The Labute approximate surface area is 109 Å². The van der Waals surface area contributed by atoms with Crippen LogP contribution in [0.15, 0.2) is 11.6 Å². The Morgan fingerprint density at radius 3 is 2.61 bits per heavy atom. The molecule has 1 saturated heterocycles. The summed E-state index contributed by atoms with van der Waals surface area (Å²) in [6.07, 6.45) is 4.23. The van der Waals surface area contributed by atoms with Gasteiger partial charge in [-0.2, -0.15) is 0 Å². The Morgan fingerprint density at radius 1 is 1.44 bits per heavy atom. The average molecular weight is 252 g/mol. The number of carbonyl (C=O) groups is 2. The van der Waals surface area contributed by atoms with Crippen LogP contribution in [0.2, 0.25) is 0 Å². The first-order chi connectivity index (χ1) is 8.31. The van der Waals surface area contributed by atoms with Crippen molar-refractivity contribution in [2.24, 2.45) is 5.41 Å². The van der Waals surface area contributed by atoms with E-state index in [1.807, 2.05) is 0 Å². The average Bonchev–Trinajstić information content (AvgIpc) is 2.24. The first-order valence-electron chi connectivity index (χ1n) is 6.59. The number of hydrogen-bond donors (Lipinski definition) is 2. The second kappa shape index (κ2) is 6.14. The summed E-state index contributed by atoms with van der Waals surface area (Å²) in [5.41, 5.74) is 1.45. The van der Waals surface area contributed by atoms with Crippen LogP contribution < -0.4 is 10.6 Å². The zero-order valence-electron chi connectivity index (χ0n) is 11.8. The van der Waals surface area contributed by atoms with E-state index in [4.69, 9.17) is 0 Å². The lowest BCUT2D eigenvalue weighted by molar-refractivity contribution is -0.134. The third-order valence-corrected chi connectivity index (χ3v) is 2.91. The van der Waals surface area contributed by atoms with E-state index in [-0.39, 0.29) is 23.3 Å². The number of imide groups is 1. The fourth-order valence-electron chi connectivity index (χ4n) is 2.03. The van der Waals surface area contributed by atoms with Crippen molar-refractivity contribution in [1.29, 1.82) is 0 Å². The number of piperidine rings is 1. The van der Waals surface area contributed by atoms with Crippen molar-refractivity contribution in [3.8, 4) is 0 Å². The molecule has 102 valence electrons. The third kappa shape index (κ3) is 5.00. The second-order valence-corrected chi connectivity index (χ2v) is 5.91. The Kier molecular flexibility index (Phi) is 5.08. The molecule has 18 heavy (non-hydrogen) atoms. The second-order valence-electron chi connectivity index (χ2n) is 5.91. The fourth-order valence-corrected chi connectivity index (χ4v) is 2.03. The number of rotatable bonds is 4. The van der Waals surface area contributed by atoms with Crippen molar-refractivity contribution >= 4 is 11.8 Å². The van der Waals surface area contributed by atoms with Gasteiger partial charge in [0.05, 0.1) is 6.04 Å². The molecule has 0 aromatic heterocycles. The molecule has 0 radical (unpaired) electrons. The number of hydrogen-bond acceptors (Lipinski definition) is 3. The predicted octanol–water partition coefficient (Wildman–Crippen LogP) is 1.76. The normalized spacial score (nSPS) is 22.0. The number of carbonyl (C=O) groups excluding carboxylic acids is 2. The number of nitrogens with one attached hydrogen (secondary N) is 2. The van der Waals surface area contributed by atoms with Gasteiger partial charge in [-0.05, 0) is 18.3 Å². The van der Waals surface area contributed by atoms with Crippen LogP contribution in [0, 0.1) is 5.41 Å². The zero-order chi connectivity index (χ0) is 13.8. The molecule has 0 aliphatic carbocycles. The molecule has 1 fully saturated rings. The molecule has 2 N–H and O–H groups in total. The minimum Gasteiger partial charge on any atom is -0.302 e. The molecular formula is C14H24N2O2. The van der Waals surface area contributed by atoms with Crippen molar-refractivity contribution in [2.45, 2.75) is 53.0 Å². The molecule has 1 unspecified atom stereocenters. The minimum absolute atomic E-state index is 0.151. The molecule has 2 amide bonds. The molecule has 1 rings (SSSR count). The Bertz CT molecular complexity index is 353. The van der Waals surface area contributed by atoms with E-state index in [1.54, 1.807) is 0 Å². The maximum absolute atomic E-state index is 11.6. The summed E-state index contributed by atoms with van der Waals surface area (Å²) in [5, 5.41) is 5.59. The van der Waals surface area contributed by atoms with Crippen LogP contribution in [0.25, 0.3) is 0 Å². The van der Waals surface area contributed by atoms with E-state index in [2.05, 4.69) is 44.4 Å². The maximum atomic E-state index is 11.6. The van der Waals surface area contributed by atoms with Gasteiger partial charge in [-0.15, -0.1) is 0 Å². The van der Waals surface area contributed by atoms with Gasteiger partial charge in [-0.1, -0.05) is 39.3 Å². The summed E-state index contributed by atoms with van der Waals surface area (Å²) in [4.78, 5) is 22.6. The van der Waals surface area contributed by atoms with Gasteiger partial charge in [0.25, 0.3) is 0 Å². The molecule has 1 atom stereocenters. The van der Waals surface area contributed by atoms with Crippen LogP contribution in [-0.2, 0) is 9.59 Å². The van der Waals surface area contributed by atoms with E-state index >= 15 is 0 Å². The highest BCUT2D eigenvalue weighted by molar-refractivity contribution is 6.00. The summed E-state index contributed by atoms with van der Waals surface area (Å²) in [6, 6.07) is -0.238. The van der Waals surface area contributed by atoms with Crippen LogP contribution in [0.5, 0.6) is 0 Å². The largest absolute Gasteiger partial charge is 0.302 e. The zero-order valence-corrected chi connectivity index (χ0v) is 11.8.